The molecule has 0 bridgehead atoms. The van der Waals surface area contributed by atoms with E-state index in [4.69, 9.17) is 68.4 Å². The minimum Gasteiger partial charge on any atom is -0.507 e. The van der Waals surface area contributed by atoms with Gasteiger partial charge in [0.1, 0.15) is 46.0 Å². The third-order valence-electron chi connectivity index (χ3n) is 5.78. The van der Waals surface area contributed by atoms with E-state index in [0.717, 1.165) is 24.1 Å². The van der Waals surface area contributed by atoms with E-state index in [2.05, 4.69) is 0 Å². The van der Waals surface area contributed by atoms with Crippen molar-refractivity contribution >= 4 is 60.4 Å². The highest BCUT2D eigenvalue weighted by atomic mass is 35.8. The zero-order valence-corrected chi connectivity index (χ0v) is 31.4. The lowest BCUT2D eigenvalue weighted by molar-refractivity contribution is 0.111. The van der Waals surface area contributed by atoms with Crippen LogP contribution in [0.3, 0.4) is 0 Å². The van der Waals surface area contributed by atoms with Gasteiger partial charge in [0.25, 0.3) is 0 Å². The van der Waals surface area contributed by atoms with E-state index in [1.165, 1.54) is 33.5 Å². The zero-order valence-electron chi connectivity index (χ0n) is 28.0. The molecular formula is C35H42AlCl3O11. The molecule has 11 nitrogen and oxygen atoms in total. The third kappa shape index (κ3) is 19.0. The minimum absolute atomic E-state index is 0. The van der Waals surface area contributed by atoms with Crippen molar-refractivity contribution < 1.29 is 52.6 Å². The van der Waals surface area contributed by atoms with E-state index in [1.807, 2.05) is 24.3 Å². The monoisotopic (exact) mass is 770 g/mol. The summed E-state index contributed by atoms with van der Waals surface area (Å²) in [4.78, 5) is 31.3. The van der Waals surface area contributed by atoms with E-state index in [0.29, 0.717) is 46.2 Å². The first-order valence-corrected chi connectivity index (χ1v) is 19.0. The van der Waals surface area contributed by atoms with Crippen molar-refractivity contribution in [2.24, 2.45) is 0 Å². The van der Waals surface area contributed by atoms with Crippen LogP contribution in [0.15, 0.2) is 78.9 Å². The highest BCUT2D eigenvalue weighted by Crippen LogP contribution is 2.23. The molecule has 0 radical (unpaired) electrons. The van der Waals surface area contributed by atoms with Crippen molar-refractivity contribution in [1.82, 2.24) is 0 Å². The molecule has 4 aromatic carbocycles. The Hall–Kier alpha value is -4.31. The quantitative estimate of drug-likeness (QED) is 0.123. The standard InChI is InChI=1S/2C9H10O3.C8H8O3.C8H10O2.CH4.Al.3ClH/c2*1-11-8-3-4-9(12-2)7(5-8)6-10;1-11-7-2-3-8(10)6(4-7)5-9;1-9-7-3-5-8(10-2)6-4-7;;;;;/h2*3-6H,1-2H3;2-5,10H,1H3;3-6H,1-2H3;1H4;;3*1H/q;;;;;+3;;;/p-3. The number of rotatable bonds is 10. The number of benzene rings is 4. The number of halogens is 3. The van der Waals surface area contributed by atoms with Gasteiger partial charge in [-0.05, 0) is 78.9 Å². The molecule has 0 fully saturated rings. The Labute approximate surface area is 310 Å². The average molecular weight is 772 g/mol. The molecule has 0 unspecified atom stereocenters. The second-order valence-corrected chi connectivity index (χ2v) is 15.1. The summed E-state index contributed by atoms with van der Waals surface area (Å²) >= 11 is -1.72. The molecule has 4 aromatic rings. The number of carbonyl (C=O) groups excluding carboxylic acids is 3. The Bertz CT molecular complexity index is 1450. The van der Waals surface area contributed by atoms with E-state index in [1.54, 1.807) is 70.9 Å². The molecule has 0 heterocycles. The van der Waals surface area contributed by atoms with Gasteiger partial charge in [-0.3, -0.25) is 14.4 Å². The van der Waals surface area contributed by atoms with Crippen molar-refractivity contribution in [2.45, 2.75) is 7.43 Å². The molecule has 4 rings (SSSR count). The van der Waals surface area contributed by atoms with Crippen LogP contribution >= 0.6 is 30.1 Å². The van der Waals surface area contributed by atoms with Crippen molar-refractivity contribution in [3.8, 4) is 46.0 Å². The van der Waals surface area contributed by atoms with E-state index in [-0.39, 0.29) is 18.7 Å². The average Bonchev–Trinajstić information content (AvgIpc) is 3.14. The summed E-state index contributed by atoms with van der Waals surface area (Å²) in [6, 6.07) is 22.1. The van der Waals surface area contributed by atoms with Crippen LogP contribution in [-0.2, 0) is 0 Å². The third-order valence-corrected chi connectivity index (χ3v) is 5.78. The topological polar surface area (TPSA) is 136 Å². The summed E-state index contributed by atoms with van der Waals surface area (Å²) in [5.74, 6) is 4.65. The van der Waals surface area contributed by atoms with Crippen LogP contribution in [0.25, 0.3) is 0 Å². The van der Waals surface area contributed by atoms with Crippen LogP contribution in [0.1, 0.15) is 38.5 Å². The van der Waals surface area contributed by atoms with Crippen LogP contribution in [0.4, 0.5) is 0 Å². The fraction of sp³-hybridized carbons (Fsp3) is 0.229. The van der Waals surface area contributed by atoms with Crippen LogP contribution in [-0.4, -0.2) is 85.1 Å². The predicted octanol–water partition coefficient (Wildman–Crippen LogP) is 8.27. The maximum atomic E-state index is 10.5. The summed E-state index contributed by atoms with van der Waals surface area (Å²) in [5.41, 5.74) is 1.23. The molecule has 0 atom stereocenters. The lowest BCUT2D eigenvalue weighted by Gasteiger charge is -2.04. The Morgan fingerprint density at radius 2 is 0.720 bits per heavy atom. The molecule has 1 N–H and O–H groups in total. The maximum Gasteiger partial charge on any atom is 0.643 e. The number of methoxy groups -OCH3 is 7. The van der Waals surface area contributed by atoms with Gasteiger partial charge in [-0.1, -0.05) is 7.43 Å². The van der Waals surface area contributed by atoms with Crippen molar-refractivity contribution in [3.63, 3.8) is 0 Å². The molecule has 0 amide bonds. The van der Waals surface area contributed by atoms with E-state index in [9.17, 15) is 14.4 Å². The molecule has 0 spiro atoms. The lowest BCUT2D eigenvalue weighted by atomic mass is 10.2. The summed E-state index contributed by atoms with van der Waals surface area (Å²) in [6.07, 6.45) is 2.06. The Kier molecular flexibility index (Phi) is 27.3. The fourth-order valence-corrected chi connectivity index (χ4v) is 3.33. The number of carbonyl (C=O) groups is 3. The first kappa shape index (κ1) is 47.8. The number of aldehydes is 3. The molecule has 0 aromatic heterocycles. The first-order valence-electron chi connectivity index (χ1n) is 13.8. The van der Waals surface area contributed by atoms with Crippen LogP contribution < -0.4 is 33.2 Å². The Balaban J connectivity index is 0. The summed E-state index contributed by atoms with van der Waals surface area (Å²) in [5, 5.41) is 9.04. The van der Waals surface area contributed by atoms with Crippen molar-refractivity contribution in [2.75, 3.05) is 49.8 Å². The molecule has 0 aliphatic carbocycles. The predicted molar refractivity (Wildman–Crippen MR) is 200 cm³/mol. The van der Waals surface area contributed by atoms with Gasteiger partial charge >= 0.3 is 11.4 Å². The second kappa shape index (κ2) is 28.5. The van der Waals surface area contributed by atoms with Crippen molar-refractivity contribution in [3.05, 3.63) is 95.6 Å². The van der Waals surface area contributed by atoms with Gasteiger partial charge in [-0.25, -0.2) is 30.1 Å². The molecule has 50 heavy (non-hydrogen) atoms. The Morgan fingerprint density at radius 1 is 0.460 bits per heavy atom. The fourth-order valence-electron chi connectivity index (χ4n) is 3.33. The lowest BCUT2D eigenvalue weighted by Crippen LogP contribution is -1.91. The van der Waals surface area contributed by atoms with Gasteiger partial charge in [0.2, 0.25) is 0 Å². The van der Waals surface area contributed by atoms with Gasteiger partial charge < -0.3 is 38.3 Å². The van der Waals surface area contributed by atoms with E-state index < -0.39 is 11.4 Å². The van der Waals surface area contributed by atoms with Gasteiger partial charge in [-0.15, -0.1) is 0 Å². The number of phenolic OH excluding ortho intramolecular Hbond substituents is 1. The summed E-state index contributed by atoms with van der Waals surface area (Å²) in [7, 11) is 25.8. The normalized spacial score (nSPS) is 8.76. The first-order chi connectivity index (χ1) is 23.5. The molecule has 0 aliphatic heterocycles. The molecule has 0 saturated heterocycles. The number of hydrogen-bond donors (Lipinski definition) is 1. The highest BCUT2D eigenvalue weighted by molar-refractivity contribution is 7.54. The van der Waals surface area contributed by atoms with Crippen LogP contribution in [0.2, 0.25) is 0 Å². The maximum absolute atomic E-state index is 10.5. The highest BCUT2D eigenvalue weighted by Gasteiger charge is 2.04. The van der Waals surface area contributed by atoms with E-state index >= 15 is 0 Å². The number of hydrogen-bond acceptors (Lipinski definition) is 11. The summed E-state index contributed by atoms with van der Waals surface area (Å²) < 4.78 is 34.5. The molecular weight excluding hydrogens is 730 g/mol. The van der Waals surface area contributed by atoms with Gasteiger partial charge in [-0.2, -0.15) is 0 Å². The minimum atomic E-state index is -1.72. The molecule has 0 saturated carbocycles. The summed E-state index contributed by atoms with van der Waals surface area (Å²) in [6.45, 7) is 0. The molecule has 272 valence electrons. The van der Waals surface area contributed by atoms with Crippen LogP contribution in [0, 0.1) is 0 Å². The molecule has 0 aliphatic rings. The number of phenols is 1. The smallest absolute Gasteiger partial charge is 0.507 e. The SMILES string of the molecule is C.COc1ccc(O)c(C=O)c1.COc1ccc(OC)c(C=O)c1.COc1ccc(OC)c(C=O)c1.COc1ccc(OC)cc1.[Cl][Al]([Cl])[Cl]. The van der Waals surface area contributed by atoms with Crippen molar-refractivity contribution in [1.29, 1.82) is 0 Å². The largest absolute Gasteiger partial charge is 0.643 e. The van der Waals surface area contributed by atoms with Crippen LogP contribution in [0.5, 0.6) is 46.0 Å². The number of aromatic hydroxyl groups is 1. The van der Waals surface area contributed by atoms with Gasteiger partial charge in [0, 0.05) is 0 Å². The van der Waals surface area contributed by atoms with Gasteiger partial charge in [0.15, 0.2) is 18.9 Å². The number of ether oxygens (including phenoxy) is 7. The second-order valence-electron chi connectivity index (χ2n) is 8.62. The Morgan fingerprint density at radius 3 is 0.980 bits per heavy atom. The van der Waals surface area contributed by atoms with Gasteiger partial charge in [0.05, 0.1) is 66.5 Å². The zero-order chi connectivity index (χ0) is 37.2. The molecule has 15 heteroatoms.